The van der Waals surface area contributed by atoms with Gasteiger partial charge in [0.05, 0.1) is 44.1 Å². The number of methoxy groups -OCH3 is 1. The van der Waals surface area contributed by atoms with E-state index >= 15 is 0 Å². The molecule has 0 unspecified atom stereocenters. The number of thioether (sulfide) groups is 3. The number of ether oxygens (including phenoxy) is 4. The number of aliphatic hydroxyl groups is 3. The molecule has 67 heavy (non-hydrogen) atoms. The summed E-state index contributed by atoms with van der Waals surface area (Å²) in [5.41, 5.74) is 2.78. The zero-order valence-electron chi connectivity index (χ0n) is 38.2. The lowest BCUT2D eigenvalue weighted by Crippen LogP contribution is -2.68. The van der Waals surface area contributed by atoms with Crippen LogP contribution in [0.3, 0.4) is 0 Å². The number of aliphatic hydroxyl groups excluding tert-OH is 3. The molecule has 0 aromatic heterocycles. The average molecular weight is 987 g/mol. The second-order valence-electron chi connectivity index (χ2n) is 15.3. The summed E-state index contributed by atoms with van der Waals surface area (Å²) in [4.78, 5) is 75.8. The number of hydrogen-bond acceptors (Lipinski definition) is 16. The van der Waals surface area contributed by atoms with Crippen LogP contribution in [0.1, 0.15) is 71.1 Å². The number of rotatable bonds is 27. The first-order chi connectivity index (χ1) is 32.2. The Balaban J connectivity index is 1.30. The fourth-order valence-electron chi connectivity index (χ4n) is 6.92. The SMILES string of the molecule is CCSCCNC(=O)c1ccc(C(=O)NCCSCCCO[C@]2(C(=O)OC)C[C@H](O)[C@@H](NC(C)=O)[C@H]([C@H](O)[C@H](O)CNC(=O)c3ccc(-c4ccccc4)cc3)O2)c(OCCCSC(C)=O)c1. The van der Waals surface area contributed by atoms with Crippen LogP contribution >= 0.6 is 35.3 Å². The van der Waals surface area contributed by atoms with E-state index in [1.807, 2.05) is 37.3 Å². The summed E-state index contributed by atoms with van der Waals surface area (Å²) < 4.78 is 22.9. The van der Waals surface area contributed by atoms with Crippen LogP contribution in [0, 0.1) is 0 Å². The summed E-state index contributed by atoms with van der Waals surface area (Å²) in [5, 5.41) is 44.6. The summed E-state index contributed by atoms with van der Waals surface area (Å²) >= 11 is 4.37. The van der Waals surface area contributed by atoms with Crippen LogP contribution in [-0.4, -0.2) is 155 Å². The Kier molecular flexibility index (Phi) is 23.5. The molecule has 0 saturated carbocycles. The predicted molar refractivity (Wildman–Crippen MR) is 259 cm³/mol. The van der Waals surface area contributed by atoms with Gasteiger partial charge < -0.3 is 55.5 Å². The minimum absolute atomic E-state index is 0.00320. The van der Waals surface area contributed by atoms with Gasteiger partial charge in [0.1, 0.15) is 18.0 Å². The molecular formula is C47H62N4O13S3. The van der Waals surface area contributed by atoms with Crippen molar-refractivity contribution >= 4 is 70.0 Å². The largest absolute Gasteiger partial charge is 0.493 e. The summed E-state index contributed by atoms with van der Waals surface area (Å²) in [5.74, 6) is -1.51. The molecule has 20 heteroatoms. The number of amides is 4. The fourth-order valence-corrected chi connectivity index (χ4v) is 8.78. The van der Waals surface area contributed by atoms with Gasteiger partial charge in [-0.25, -0.2) is 4.79 Å². The van der Waals surface area contributed by atoms with Crippen molar-refractivity contribution in [1.82, 2.24) is 21.3 Å². The van der Waals surface area contributed by atoms with Crippen LogP contribution in [0.25, 0.3) is 11.1 Å². The molecular weight excluding hydrogens is 925 g/mol. The summed E-state index contributed by atoms with van der Waals surface area (Å²) in [6.45, 7) is 5.22. The second kappa shape index (κ2) is 28.6. The van der Waals surface area contributed by atoms with Crippen LogP contribution in [0.5, 0.6) is 5.75 Å². The molecule has 1 aliphatic heterocycles. The lowest BCUT2D eigenvalue weighted by molar-refractivity contribution is -0.311. The molecule has 366 valence electrons. The van der Waals surface area contributed by atoms with Gasteiger partial charge in [-0.2, -0.15) is 23.5 Å². The standard InChI is InChI=1S/C47H62N4O13S3/c1-5-65-25-19-48-44(58)35-17-18-36(39(27-35)62-21-9-24-67-31(3)53)45(59)49-20-26-66-23-10-22-63-47(46(60)61-4)28-37(54)40(51-30(2)52)42(64-47)41(56)38(55)29-50-43(57)34-15-13-33(14-16-34)32-11-7-6-8-12-32/h6-8,11-18,27,37-38,40-42,54-56H,5,9-10,19-26,28-29H2,1-4H3,(H,48,58)(H,49,59)(H,50,57)(H,51,52)/t37-,38+,40+,41+,42+,47+/m0/s1. The Bertz CT molecular complexity index is 2080. The highest BCUT2D eigenvalue weighted by molar-refractivity contribution is 8.13. The predicted octanol–water partition coefficient (Wildman–Crippen LogP) is 3.43. The molecule has 1 heterocycles. The quantitative estimate of drug-likeness (QED) is 0.0427. The van der Waals surface area contributed by atoms with Gasteiger partial charge in [-0.3, -0.25) is 24.0 Å². The smallest absolute Gasteiger partial charge is 0.366 e. The Morgan fingerprint density at radius 3 is 2.10 bits per heavy atom. The van der Waals surface area contributed by atoms with Crippen molar-refractivity contribution in [3.8, 4) is 16.9 Å². The second-order valence-corrected chi connectivity index (χ2v) is 19.2. The number of carbonyl (C=O) groups is 6. The average Bonchev–Trinajstić information content (AvgIpc) is 3.32. The molecule has 6 atom stereocenters. The van der Waals surface area contributed by atoms with E-state index < -0.39 is 72.9 Å². The van der Waals surface area contributed by atoms with E-state index in [4.69, 9.17) is 18.9 Å². The third-order valence-electron chi connectivity index (χ3n) is 10.3. The van der Waals surface area contributed by atoms with Crippen molar-refractivity contribution in [2.75, 3.05) is 68.7 Å². The van der Waals surface area contributed by atoms with Crippen molar-refractivity contribution in [1.29, 1.82) is 0 Å². The van der Waals surface area contributed by atoms with Crippen LogP contribution in [0.2, 0.25) is 0 Å². The highest BCUT2D eigenvalue weighted by Crippen LogP contribution is 2.34. The molecule has 0 spiro atoms. The van der Waals surface area contributed by atoms with E-state index in [-0.39, 0.29) is 42.1 Å². The molecule has 0 radical (unpaired) electrons. The first-order valence-corrected chi connectivity index (χ1v) is 25.3. The lowest BCUT2D eigenvalue weighted by Gasteiger charge is -2.47. The normalized spacial score (nSPS) is 18.8. The topological polar surface area (TPSA) is 248 Å². The van der Waals surface area contributed by atoms with Crippen molar-refractivity contribution < 1.29 is 63.0 Å². The van der Waals surface area contributed by atoms with Crippen molar-refractivity contribution in [2.24, 2.45) is 0 Å². The van der Waals surface area contributed by atoms with Crippen LogP contribution in [0.15, 0.2) is 72.8 Å². The van der Waals surface area contributed by atoms with Crippen LogP contribution in [0.4, 0.5) is 0 Å². The molecule has 4 rings (SSSR count). The molecule has 4 amide bonds. The van der Waals surface area contributed by atoms with Crippen LogP contribution < -0.4 is 26.0 Å². The van der Waals surface area contributed by atoms with Gasteiger partial charge in [-0.05, 0) is 65.8 Å². The van der Waals surface area contributed by atoms with Crippen molar-refractivity contribution in [3.63, 3.8) is 0 Å². The molecule has 0 aliphatic carbocycles. The van der Waals surface area contributed by atoms with E-state index in [0.717, 1.165) is 29.7 Å². The molecule has 7 N–H and O–H groups in total. The number of nitrogens with one attached hydrogen (secondary N) is 4. The first-order valence-electron chi connectivity index (χ1n) is 22.0. The number of carbonyl (C=O) groups excluding carboxylic acids is 6. The monoisotopic (exact) mass is 986 g/mol. The minimum atomic E-state index is -2.23. The van der Waals surface area contributed by atoms with Gasteiger partial charge in [0.2, 0.25) is 5.91 Å². The molecule has 3 aromatic rings. The summed E-state index contributed by atoms with van der Waals surface area (Å²) in [6.07, 6.45) is -6.17. The van der Waals surface area contributed by atoms with Gasteiger partial charge in [-0.1, -0.05) is 61.2 Å². The summed E-state index contributed by atoms with van der Waals surface area (Å²) in [6, 6.07) is 19.8. The number of benzene rings is 3. The third-order valence-corrected chi connectivity index (χ3v) is 13.1. The van der Waals surface area contributed by atoms with Gasteiger partial charge in [-0.15, -0.1) is 0 Å². The first kappa shape index (κ1) is 54.9. The Morgan fingerprint density at radius 2 is 1.43 bits per heavy atom. The molecule has 0 bridgehead atoms. The Labute approximate surface area is 403 Å². The van der Waals surface area contributed by atoms with Crippen molar-refractivity contribution in [3.05, 3.63) is 89.5 Å². The molecule has 3 aromatic carbocycles. The van der Waals surface area contributed by atoms with Gasteiger partial charge in [0.15, 0.2) is 5.12 Å². The van der Waals surface area contributed by atoms with E-state index in [1.54, 1.807) is 54.2 Å². The molecule has 1 fully saturated rings. The number of esters is 1. The highest BCUT2D eigenvalue weighted by Gasteiger charge is 2.56. The van der Waals surface area contributed by atoms with Gasteiger partial charge >= 0.3 is 5.97 Å². The minimum Gasteiger partial charge on any atom is -0.493 e. The fraction of sp³-hybridized carbons (Fsp3) is 0.489. The molecule has 1 aliphatic rings. The summed E-state index contributed by atoms with van der Waals surface area (Å²) in [7, 11) is 1.10. The van der Waals surface area contributed by atoms with Crippen molar-refractivity contribution in [2.45, 2.75) is 76.3 Å². The third kappa shape index (κ3) is 17.4. The van der Waals surface area contributed by atoms with Crippen LogP contribution in [-0.2, 0) is 28.6 Å². The van der Waals surface area contributed by atoms with E-state index in [2.05, 4.69) is 21.3 Å². The maximum Gasteiger partial charge on any atom is 0.366 e. The Hall–Kier alpha value is -4.67. The zero-order chi connectivity index (χ0) is 48.8. The van der Waals surface area contributed by atoms with E-state index in [9.17, 15) is 44.1 Å². The maximum atomic E-state index is 13.3. The highest BCUT2D eigenvalue weighted by atomic mass is 32.2. The maximum absolute atomic E-state index is 13.3. The molecule has 17 nitrogen and oxygen atoms in total. The van der Waals surface area contributed by atoms with E-state index in [0.29, 0.717) is 47.8 Å². The Morgan fingerprint density at radius 1 is 0.791 bits per heavy atom. The van der Waals surface area contributed by atoms with Gasteiger partial charge in [0, 0.05) is 68.3 Å². The molecule has 1 saturated heterocycles. The van der Waals surface area contributed by atoms with Gasteiger partial charge in [0.25, 0.3) is 23.5 Å². The zero-order valence-corrected chi connectivity index (χ0v) is 40.6. The van der Waals surface area contributed by atoms with E-state index in [1.165, 1.54) is 37.4 Å². The number of hydrogen-bond donors (Lipinski definition) is 7. The lowest BCUT2D eigenvalue weighted by atomic mass is 9.88.